The van der Waals surface area contributed by atoms with Crippen molar-refractivity contribution in [2.24, 2.45) is 0 Å². The molecule has 0 saturated carbocycles. The smallest absolute Gasteiger partial charge is 0.278 e. The van der Waals surface area contributed by atoms with Gasteiger partial charge in [-0.15, -0.1) is 10.2 Å². The van der Waals surface area contributed by atoms with Gasteiger partial charge in [0.1, 0.15) is 11.6 Å². The molecule has 6 nitrogen and oxygen atoms in total. The average Bonchev–Trinajstić information content (AvgIpc) is 3.15. The summed E-state index contributed by atoms with van der Waals surface area (Å²) in [5.41, 5.74) is 1.15. The van der Waals surface area contributed by atoms with Gasteiger partial charge in [-0.2, -0.15) is 0 Å². The van der Waals surface area contributed by atoms with E-state index in [0.717, 1.165) is 11.4 Å². The molecule has 0 radical (unpaired) electrons. The van der Waals surface area contributed by atoms with E-state index in [1.807, 2.05) is 49.4 Å². The molecule has 0 atom stereocenters. The topological polar surface area (TPSA) is 71.3 Å². The molecule has 1 aromatic carbocycles. The zero-order valence-electron chi connectivity index (χ0n) is 13.3. The predicted octanol–water partition coefficient (Wildman–Crippen LogP) is 3.35. The molecule has 2 aromatic heterocycles. The van der Waals surface area contributed by atoms with Gasteiger partial charge in [0, 0.05) is 12.2 Å². The SMILES string of the molecule is CCN(C(=O)c1ccc(NCc2ccco2)nn1)c1ccccc1. The molecule has 1 amide bonds. The molecule has 0 spiro atoms. The van der Waals surface area contributed by atoms with Crippen LogP contribution in [0.15, 0.2) is 65.3 Å². The average molecular weight is 322 g/mol. The Bertz CT molecular complexity index is 771. The summed E-state index contributed by atoms with van der Waals surface area (Å²) in [6.45, 7) is 3.00. The van der Waals surface area contributed by atoms with Crippen molar-refractivity contribution in [2.45, 2.75) is 13.5 Å². The Morgan fingerprint density at radius 1 is 1.08 bits per heavy atom. The number of rotatable bonds is 6. The Hall–Kier alpha value is -3.15. The number of benzene rings is 1. The second-order valence-corrected chi connectivity index (χ2v) is 5.12. The number of carbonyl (C=O) groups excluding carboxylic acids is 1. The molecule has 3 rings (SSSR count). The quantitative estimate of drug-likeness (QED) is 0.753. The zero-order valence-corrected chi connectivity index (χ0v) is 13.3. The van der Waals surface area contributed by atoms with Crippen molar-refractivity contribution in [3.63, 3.8) is 0 Å². The van der Waals surface area contributed by atoms with Gasteiger partial charge in [-0.05, 0) is 43.3 Å². The normalized spacial score (nSPS) is 10.4. The van der Waals surface area contributed by atoms with Crippen LogP contribution >= 0.6 is 0 Å². The minimum absolute atomic E-state index is 0.172. The van der Waals surface area contributed by atoms with Crippen LogP contribution in [-0.4, -0.2) is 22.6 Å². The van der Waals surface area contributed by atoms with Gasteiger partial charge in [0.05, 0.1) is 12.8 Å². The first-order chi connectivity index (χ1) is 11.8. The summed E-state index contributed by atoms with van der Waals surface area (Å²) >= 11 is 0. The summed E-state index contributed by atoms with van der Waals surface area (Å²) in [5.74, 6) is 1.22. The first kappa shape index (κ1) is 15.7. The highest BCUT2D eigenvalue weighted by Crippen LogP contribution is 2.16. The predicted molar refractivity (Wildman–Crippen MR) is 91.9 cm³/mol. The van der Waals surface area contributed by atoms with Crippen molar-refractivity contribution in [3.05, 3.63) is 72.3 Å². The highest BCUT2D eigenvalue weighted by molar-refractivity contribution is 6.04. The molecule has 0 saturated heterocycles. The van der Waals surface area contributed by atoms with Gasteiger partial charge >= 0.3 is 0 Å². The van der Waals surface area contributed by atoms with Crippen molar-refractivity contribution in [1.29, 1.82) is 0 Å². The summed E-state index contributed by atoms with van der Waals surface area (Å²) in [6, 6.07) is 16.6. The molecule has 0 aliphatic rings. The number of hydrogen-bond donors (Lipinski definition) is 1. The second-order valence-electron chi connectivity index (χ2n) is 5.12. The molecular formula is C18H18N4O2. The van der Waals surface area contributed by atoms with E-state index in [-0.39, 0.29) is 5.91 Å². The van der Waals surface area contributed by atoms with E-state index in [1.54, 1.807) is 23.3 Å². The van der Waals surface area contributed by atoms with E-state index in [0.29, 0.717) is 24.6 Å². The van der Waals surface area contributed by atoms with Crippen LogP contribution in [0.2, 0.25) is 0 Å². The molecule has 1 N–H and O–H groups in total. The second kappa shape index (κ2) is 7.41. The van der Waals surface area contributed by atoms with Crippen LogP contribution in [0.5, 0.6) is 0 Å². The lowest BCUT2D eigenvalue weighted by Crippen LogP contribution is -2.31. The number of carbonyl (C=O) groups is 1. The largest absolute Gasteiger partial charge is 0.467 e. The van der Waals surface area contributed by atoms with Crippen LogP contribution in [0.25, 0.3) is 0 Å². The van der Waals surface area contributed by atoms with Crippen molar-refractivity contribution in [1.82, 2.24) is 10.2 Å². The van der Waals surface area contributed by atoms with Gasteiger partial charge in [-0.25, -0.2) is 0 Å². The molecule has 3 aromatic rings. The van der Waals surface area contributed by atoms with Crippen LogP contribution in [-0.2, 0) is 6.54 Å². The van der Waals surface area contributed by atoms with E-state index in [9.17, 15) is 4.79 Å². The molecule has 0 bridgehead atoms. The highest BCUT2D eigenvalue weighted by atomic mass is 16.3. The summed E-state index contributed by atoms with van der Waals surface area (Å²) in [5, 5.41) is 11.2. The molecule has 2 heterocycles. The van der Waals surface area contributed by atoms with Gasteiger partial charge in [-0.3, -0.25) is 4.79 Å². The van der Waals surface area contributed by atoms with Crippen LogP contribution in [0.4, 0.5) is 11.5 Å². The van der Waals surface area contributed by atoms with E-state index in [1.165, 1.54) is 0 Å². The van der Waals surface area contributed by atoms with Gasteiger partial charge in [-0.1, -0.05) is 18.2 Å². The van der Waals surface area contributed by atoms with Gasteiger partial charge < -0.3 is 14.6 Å². The minimum Gasteiger partial charge on any atom is -0.467 e. The number of furan rings is 1. The van der Waals surface area contributed by atoms with E-state index >= 15 is 0 Å². The van der Waals surface area contributed by atoms with Crippen molar-refractivity contribution >= 4 is 17.4 Å². The summed E-state index contributed by atoms with van der Waals surface area (Å²) < 4.78 is 5.24. The Morgan fingerprint density at radius 3 is 2.54 bits per heavy atom. The van der Waals surface area contributed by atoms with Gasteiger partial charge in [0.2, 0.25) is 0 Å². The summed E-state index contributed by atoms with van der Waals surface area (Å²) in [4.78, 5) is 14.3. The lowest BCUT2D eigenvalue weighted by molar-refractivity contribution is 0.0982. The van der Waals surface area contributed by atoms with Crippen molar-refractivity contribution < 1.29 is 9.21 Å². The number of nitrogens with zero attached hydrogens (tertiary/aromatic N) is 3. The third-order valence-electron chi connectivity index (χ3n) is 3.54. The maximum atomic E-state index is 12.6. The molecule has 122 valence electrons. The molecule has 0 aliphatic carbocycles. The van der Waals surface area contributed by atoms with Crippen molar-refractivity contribution in [3.8, 4) is 0 Å². The van der Waals surface area contributed by atoms with E-state index < -0.39 is 0 Å². The number of amides is 1. The first-order valence-electron chi connectivity index (χ1n) is 7.75. The van der Waals surface area contributed by atoms with E-state index in [2.05, 4.69) is 15.5 Å². The Morgan fingerprint density at radius 2 is 1.92 bits per heavy atom. The lowest BCUT2D eigenvalue weighted by Gasteiger charge is -2.20. The van der Waals surface area contributed by atoms with Crippen LogP contribution in [0.3, 0.4) is 0 Å². The van der Waals surface area contributed by atoms with Crippen LogP contribution < -0.4 is 10.2 Å². The van der Waals surface area contributed by atoms with Crippen molar-refractivity contribution in [2.75, 3.05) is 16.8 Å². The Kier molecular flexibility index (Phi) is 4.86. The number of anilines is 2. The fourth-order valence-electron chi connectivity index (χ4n) is 2.32. The van der Waals surface area contributed by atoms with Gasteiger partial charge in [0.15, 0.2) is 5.69 Å². The minimum atomic E-state index is -0.172. The fourth-order valence-corrected chi connectivity index (χ4v) is 2.32. The molecule has 6 heteroatoms. The number of aromatic nitrogens is 2. The third kappa shape index (κ3) is 3.60. The monoisotopic (exact) mass is 322 g/mol. The Labute approximate surface area is 140 Å². The number of para-hydroxylation sites is 1. The number of nitrogens with one attached hydrogen (secondary N) is 1. The number of hydrogen-bond acceptors (Lipinski definition) is 5. The molecule has 0 fully saturated rings. The van der Waals surface area contributed by atoms with Crippen LogP contribution in [0.1, 0.15) is 23.2 Å². The zero-order chi connectivity index (χ0) is 16.8. The van der Waals surface area contributed by atoms with E-state index in [4.69, 9.17) is 4.42 Å². The maximum Gasteiger partial charge on any atom is 0.278 e. The lowest BCUT2D eigenvalue weighted by atomic mass is 10.2. The molecule has 0 aliphatic heterocycles. The fraction of sp³-hybridized carbons (Fsp3) is 0.167. The molecule has 0 unspecified atom stereocenters. The maximum absolute atomic E-state index is 12.6. The third-order valence-corrected chi connectivity index (χ3v) is 3.54. The first-order valence-corrected chi connectivity index (χ1v) is 7.75. The highest BCUT2D eigenvalue weighted by Gasteiger charge is 2.17. The van der Waals surface area contributed by atoms with Crippen LogP contribution in [0, 0.1) is 0 Å². The summed E-state index contributed by atoms with van der Waals surface area (Å²) in [7, 11) is 0. The summed E-state index contributed by atoms with van der Waals surface area (Å²) in [6.07, 6.45) is 1.62. The molecular weight excluding hydrogens is 304 g/mol. The molecule has 24 heavy (non-hydrogen) atoms. The standard InChI is InChI=1S/C18H18N4O2/c1-2-22(14-7-4-3-5-8-14)18(23)16-10-11-17(21-20-16)19-13-15-9-6-12-24-15/h3-12H,2,13H2,1H3,(H,19,21). The Balaban J connectivity index is 1.69. The van der Waals surface area contributed by atoms with Gasteiger partial charge in [0.25, 0.3) is 5.91 Å².